The van der Waals surface area contributed by atoms with Crippen LogP contribution in [0.15, 0.2) is 18.9 Å². The summed E-state index contributed by atoms with van der Waals surface area (Å²) in [6.45, 7) is 3.23. The fourth-order valence-corrected chi connectivity index (χ4v) is 1.24. The van der Waals surface area contributed by atoms with Crippen molar-refractivity contribution in [2.45, 2.75) is 0 Å². The molecule has 0 aromatic carbocycles. The number of carboxylic acids is 1. The van der Waals surface area contributed by atoms with Crippen LogP contribution in [-0.2, 0) is 4.79 Å². The molecule has 0 bridgehead atoms. The standard InChI is InChI=1S/C7H6N2O3S.Li/c1-2-5(10)9-7-8-3-4(13-7)6(11)12;/h2-3H,1H2,(H,11,12)(H,8,9,10);/q;+1/p-1. The number of rotatable bonds is 3. The molecule has 0 fully saturated rings. The Hall–Kier alpha value is -1.09. The van der Waals surface area contributed by atoms with Gasteiger partial charge in [0, 0.05) is 6.20 Å². The summed E-state index contributed by atoms with van der Waals surface area (Å²) < 4.78 is 0. The SMILES string of the molecule is C=CC(=O)Nc1ncc(C(=O)[O-])s1.[Li+]. The predicted molar refractivity (Wildman–Crippen MR) is 45.3 cm³/mol. The Bertz CT molecular complexity index is 364. The van der Waals surface area contributed by atoms with E-state index in [1.54, 1.807) is 0 Å². The Morgan fingerprint density at radius 3 is 2.71 bits per heavy atom. The predicted octanol–water partition coefficient (Wildman–Crippen LogP) is -3.36. The second-order valence-corrected chi connectivity index (χ2v) is 3.04. The average Bonchev–Trinajstić information content (AvgIpc) is 2.52. The molecule has 68 valence electrons. The van der Waals surface area contributed by atoms with E-state index in [1.807, 2.05) is 0 Å². The van der Waals surface area contributed by atoms with Gasteiger partial charge in [0.25, 0.3) is 0 Å². The minimum Gasteiger partial charge on any atom is -0.544 e. The number of thiazole rings is 1. The summed E-state index contributed by atoms with van der Waals surface area (Å²) in [5, 5.41) is 12.8. The number of amides is 1. The van der Waals surface area contributed by atoms with Crippen LogP contribution < -0.4 is 29.3 Å². The molecule has 1 aromatic heterocycles. The third-order valence-electron chi connectivity index (χ3n) is 1.12. The second-order valence-electron chi connectivity index (χ2n) is 2.01. The van der Waals surface area contributed by atoms with E-state index in [9.17, 15) is 14.7 Å². The van der Waals surface area contributed by atoms with Gasteiger partial charge < -0.3 is 9.90 Å². The van der Waals surface area contributed by atoms with Crippen LogP contribution in [0.25, 0.3) is 0 Å². The van der Waals surface area contributed by atoms with Crippen molar-refractivity contribution in [3.8, 4) is 0 Å². The molecule has 5 nitrogen and oxygen atoms in total. The van der Waals surface area contributed by atoms with Crippen molar-refractivity contribution in [2.24, 2.45) is 0 Å². The molecule has 0 atom stereocenters. The fraction of sp³-hybridized carbons (Fsp3) is 0. The molecule has 0 saturated heterocycles. The summed E-state index contributed by atoms with van der Waals surface area (Å²) in [4.78, 5) is 24.6. The van der Waals surface area contributed by atoms with Crippen molar-refractivity contribution in [3.63, 3.8) is 0 Å². The second kappa shape index (κ2) is 5.60. The number of nitrogens with one attached hydrogen (secondary N) is 1. The minimum atomic E-state index is -1.31. The van der Waals surface area contributed by atoms with E-state index in [1.165, 1.54) is 0 Å². The third kappa shape index (κ3) is 3.34. The molecule has 1 rings (SSSR count). The number of hydrogen-bond acceptors (Lipinski definition) is 5. The Balaban J connectivity index is 0.00000169. The molecule has 0 unspecified atom stereocenters. The van der Waals surface area contributed by atoms with Gasteiger partial charge >= 0.3 is 18.9 Å². The number of carbonyl (C=O) groups is 2. The molecule has 1 N–H and O–H groups in total. The first-order valence-corrected chi connectivity index (χ1v) is 4.05. The van der Waals surface area contributed by atoms with Crippen molar-refractivity contribution in [1.29, 1.82) is 0 Å². The molecular formula is C7H5LiN2O3S. The van der Waals surface area contributed by atoms with E-state index in [0.29, 0.717) is 0 Å². The van der Waals surface area contributed by atoms with Gasteiger partial charge in [0.2, 0.25) is 5.91 Å². The molecule has 0 aliphatic rings. The number of carboxylic acid groups (broad SMARTS) is 1. The third-order valence-corrected chi connectivity index (χ3v) is 2.02. The number of hydrogen-bond donors (Lipinski definition) is 1. The largest absolute Gasteiger partial charge is 1.00 e. The number of carbonyl (C=O) groups excluding carboxylic acids is 2. The quantitative estimate of drug-likeness (QED) is 0.411. The Morgan fingerprint density at radius 1 is 1.64 bits per heavy atom. The summed E-state index contributed by atoms with van der Waals surface area (Å²) in [6, 6.07) is 0. The molecular weight excluding hydrogens is 199 g/mol. The number of anilines is 1. The van der Waals surface area contributed by atoms with Gasteiger partial charge in [-0.15, -0.1) is 0 Å². The topological polar surface area (TPSA) is 82.1 Å². The van der Waals surface area contributed by atoms with E-state index in [-0.39, 0.29) is 28.9 Å². The first-order valence-electron chi connectivity index (χ1n) is 3.24. The van der Waals surface area contributed by atoms with Gasteiger partial charge in [-0.2, -0.15) is 0 Å². The van der Waals surface area contributed by atoms with Crippen molar-refractivity contribution in [3.05, 3.63) is 23.7 Å². The van der Waals surface area contributed by atoms with E-state index < -0.39 is 11.9 Å². The molecule has 14 heavy (non-hydrogen) atoms. The van der Waals surface area contributed by atoms with Crippen LogP contribution in [0.5, 0.6) is 0 Å². The Labute approximate surface area is 96.0 Å². The summed E-state index contributed by atoms with van der Waals surface area (Å²) in [5.74, 6) is -1.74. The van der Waals surface area contributed by atoms with Crippen molar-refractivity contribution < 1.29 is 33.6 Å². The zero-order valence-electron chi connectivity index (χ0n) is 7.44. The summed E-state index contributed by atoms with van der Waals surface area (Å²) >= 11 is 0.832. The van der Waals surface area contributed by atoms with E-state index in [0.717, 1.165) is 23.6 Å². The van der Waals surface area contributed by atoms with Gasteiger partial charge in [-0.3, -0.25) is 10.1 Å². The number of nitrogens with zero attached hydrogens (tertiary/aromatic N) is 1. The van der Waals surface area contributed by atoms with Gasteiger partial charge in [-0.25, -0.2) is 4.98 Å². The zero-order valence-corrected chi connectivity index (χ0v) is 8.26. The molecule has 0 radical (unpaired) electrons. The van der Waals surface area contributed by atoms with Crippen molar-refractivity contribution >= 4 is 28.3 Å². The summed E-state index contributed by atoms with van der Waals surface area (Å²) in [5.41, 5.74) is 0. The van der Waals surface area contributed by atoms with Gasteiger partial charge in [-0.1, -0.05) is 17.9 Å². The summed E-state index contributed by atoms with van der Waals surface area (Å²) in [7, 11) is 0. The molecule has 0 spiro atoms. The van der Waals surface area contributed by atoms with E-state index in [4.69, 9.17) is 0 Å². The first kappa shape index (κ1) is 12.9. The maximum Gasteiger partial charge on any atom is 1.00 e. The Kier molecular flexibility index (Phi) is 5.16. The van der Waals surface area contributed by atoms with Crippen LogP contribution in [0.1, 0.15) is 9.67 Å². The Morgan fingerprint density at radius 2 is 2.29 bits per heavy atom. The monoisotopic (exact) mass is 204 g/mol. The molecule has 0 saturated carbocycles. The normalized spacial score (nSPS) is 8.57. The molecule has 7 heteroatoms. The van der Waals surface area contributed by atoms with E-state index >= 15 is 0 Å². The van der Waals surface area contributed by atoms with Gasteiger partial charge in [0.1, 0.15) is 0 Å². The van der Waals surface area contributed by atoms with Gasteiger partial charge in [0.15, 0.2) is 5.13 Å². The number of aromatic carboxylic acids is 1. The zero-order chi connectivity index (χ0) is 9.84. The van der Waals surface area contributed by atoms with Crippen LogP contribution in [-0.4, -0.2) is 16.9 Å². The van der Waals surface area contributed by atoms with E-state index in [2.05, 4.69) is 16.9 Å². The molecule has 0 aliphatic heterocycles. The molecule has 1 amide bonds. The van der Waals surface area contributed by atoms with Crippen LogP contribution in [0, 0.1) is 0 Å². The van der Waals surface area contributed by atoms with Gasteiger partial charge in [0.05, 0.1) is 10.8 Å². The van der Waals surface area contributed by atoms with Gasteiger partial charge in [-0.05, 0) is 6.08 Å². The number of aromatic nitrogens is 1. The molecule has 0 aliphatic carbocycles. The minimum absolute atomic E-state index is 0. The van der Waals surface area contributed by atoms with Crippen molar-refractivity contribution in [1.82, 2.24) is 4.98 Å². The molecule has 1 aromatic rings. The smallest absolute Gasteiger partial charge is 0.544 e. The van der Waals surface area contributed by atoms with Crippen LogP contribution in [0.4, 0.5) is 5.13 Å². The van der Waals surface area contributed by atoms with Crippen LogP contribution in [0.3, 0.4) is 0 Å². The summed E-state index contributed by atoms with van der Waals surface area (Å²) in [6.07, 6.45) is 2.19. The average molecular weight is 204 g/mol. The van der Waals surface area contributed by atoms with Crippen molar-refractivity contribution in [2.75, 3.05) is 5.32 Å². The first-order chi connectivity index (χ1) is 6.13. The van der Waals surface area contributed by atoms with Crippen LogP contribution in [0.2, 0.25) is 0 Å². The molecule has 1 heterocycles. The van der Waals surface area contributed by atoms with Crippen LogP contribution >= 0.6 is 11.3 Å². The maximum atomic E-state index is 10.7. The maximum absolute atomic E-state index is 10.7. The fourth-order valence-electron chi connectivity index (χ4n) is 0.583.